The van der Waals surface area contributed by atoms with E-state index in [9.17, 15) is 4.79 Å². The summed E-state index contributed by atoms with van der Waals surface area (Å²) < 4.78 is 11.5. The summed E-state index contributed by atoms with van der Waals surface area (Å²) in [5.41, 5.74) is 1.18. The molecule has 24 heavy (non-hydrogen) atoms. The Morgan fingerprint density at radius 2 is 2.08 bits per heavy atom. The largest absolute Gasteiger partial charge is 0.497 e. The average molecular weight is 413 g/mol. The van der Waals surface area contributed by atoms with Crippen molar-refractivity contribution in [2.75, 3.05) is 20.3 Å². The molecule has 0 fully saturated rings. The number of hydrogen-bond acceptors (Lipinski definition) is 3. The predicted octanol–water partition coefficient (Wildman–Crippen LogP) is 4.24. The molecular weight excluding hydrogens is 394 g/mol. The number of carbonyl (C=O) groups is 1. The summed E-state index contributed by atoms with van der Waals surface area (Å²) in [5, 5.41) is 3.30. The summed E-state index contributed by atoms with van der Waals surface area (Å²) in [6.45, 7) is 0.536. The van der Waals surface area contributed by atoms with Crippen LogP contribution in [0.4, 0.5) is 0 Å². The lowest BCUT2D eigenvalue weighted by Crippen LogP contribution is -2.29. The van der Waals surface area contributed by atoms with Crippen molar-refractivity contribution in [2.45, 2.75) is 12.8 Å². The highest BCUT2D eigenvalue weighted by molar-refractivity contribution is 9.10. The van der Waals surface area contributed by atoms with Crippen LogP contribution in [0.25, 0.3) is 0 Å². The maximum Gasteiger partial charge on any atom is 0.257 e. The van der Waals surface area contributed by atoms with E-state index in [4.69, 9.17) is 21.1 Å². The van der Waals surface area contributed by atoms with Crippen LogP contribution >= 0.6 is 27.5 Å². The highest BCUT2D eigenvalue weighted by atomic mass is 79.9. The summed E-state index contributed by atoms with van der Waals surface area (Å²) in [4.78, 5) is 11.8. The van der Waals surface area contributed by atoms with E-state index in [1.165, 1.54) is 5.56 Å². The molecule has 2 rings (SSSR count). The van der Waals surface area contributed by atoms with Gasteiger partial charge in [-0.1, -0.05) is 39.7 Å². The third-order valence-electron chi connectivity index (χ3n) is 3.35. The molecule has 0 aliphatic carbocycles. The molecule has 2 aromatic rings. The Labute approximate surface area is 155 Å². The van der Waals surface area contributed by atoms with Gasteiger partial charge in [-0.2, -0.15) is 0 Å². The normalized spacial score (nSPS) is 10.3. The van der Waals surface area contributed by atoms with Gasteiger partial charge in [-0.05, 0) is 48.7 Å². The molecule has 0 aliphatic heterocycles. The molecule has 1 N–H and O–H groups in total. The zero-order chi connectivity index (χ0) is 17.4. The predicted molar refractivity (Wildman–Crippen MR) is 99.0 cm³/mol. The molecule has 0 aliphatic rings. The van der Waals surface area contributed by atoms with Crippen molar-refractivity contribution in [3.8, 4) is 11.5 Å². The van der Waals surface area contributed by atoms with Crippen molar-refractivity contribution in [3.63, 3.8) is 0 Å². The van der Waals surface area contributed by atoms with Crippen LogP contribution in [0, 0.1) is 0 Å². The molecule has 4 nitrogen and oxygen atoms in total. The number of nitrogens with one attached hydrogen (secondary N) is 1. The Hall–Kier alpha value is -1.72. The first-order valence-electron chi connectivity index (χ1n) is 7.56. The maximum absolute atomic E-state index is 11.8. The zero-order valence-corrected chi connectivity index (χ0v) is 15.7. The van der Waals surface area contributed by atoms with Gasteiger partial charge in [0.2, 0.25) is 0 Å². The second kappa shape index (κ2) is 9.55. The van der Waals surface area contributed by atoms with Crippen LogP contribution in [0.2, 0.25) is 5.02 Å². The monoisotopic (exact) mass is 411 g/mol. The smallest absolute Gasteiger partial charge is 0.257 e. The van der Waals surface area contributed by atoms with Gasteiger partial charge in [0.25, 0.3) is 5.91 Å². The number of benzene rings is 2. The molecule has 0 radical (unpaired) electrons. The van der Waals surface area contributed by atoms with Crippen molar-refractivity contribution >= 4 is 33.4 Å². The van der Waals surface area contributed by atoms with Crippen molar-refractivity contribution in [1.29, 1.82) is 0 Å². The molecule has 1 amide bonds. The number of ether oxygens (including phenoxy) is 2. The first-order chi connectivity index (χ1) is 11.6. The second-order valence-corrected chi connectivity index (χ2v) is 6.49. The highest BCUT2D eigenvalue weighted by Crippen LogP contribution is 2.27. The first kappa shape index (κ1) is 18.6. The fraction of sp³-hybridized carbons (Fsp3) is 0.278. The number of amides is 1. The van der Waals surface area contributed by atoms with Crippen molar-refractivity contribution < 1.29 is 14.3 Å². The Morgan fingerprint density at radius 3 is 2.83 bits per heavy atom. The molecule has 0 spiro atoms. The molecule has 0 atom stereocenters. The van der Waals surface area contributed by atoms with Crippen LogP contribution in [0.1, 0.15) is 12.0 Å². The van der Waals surface area contributed by atoms with E-state index in [2.05, 4.69) is 21.2 Å². The lowest BCUT2D eigenvalue weighted by molar-refractivity contribution is -0.123. The standard InChI is InChI=1S/C18H19BrClNO3/c1-23-15-6-2-4-13(10-15)5-3-9-21-18(22)12-24-17-8-7-14(19)11-16(17)20/h2,4,6-8,10-11H,3,5,9,12H2,1H3,(H,21,22). The number of carbonyl (C=O) groups excluding carboxylic acids is 1. The lowest BCUT2D eigenvalue weighted by Gasteiger charge is -2.09. The highest BCUT2D eigenvalue weighted by Gasteiger charge is 2.06. The third kappa shape index (κ3) is 6.06. The van der Waals surface area contributed by atoms with Crippen LogP contribution in [0.5, 0.6) is 11.5 Å². The van der Waals surface area contributed by atoms with Gasteiger partial charge >= 0.3 is 0 Å². The van der Waals surface area contributed by atoms with Gasteiger partial charge in [0.05, 0.1) is 12.1 Å². The zero-order valence-electron chi connectivity index (χ0n) is 13.4. The minimum Gasteiger partial charge on any atom is -0.497 e. The second-order valence-electron chi connectivity index (χ2n) is 5.17. The number of methoxy groups -OCH3 is 1. The summed E-state index contributed by atoms with van der Waals surface area (Å²) in [6.07, 6.45) is 1.72. The molecule has 0 aromatic heterocycles. The first-order valence-corrected chi connectivity index (χ1v) is 8.73. The molecule has 0 heterocycles. The quantitative estimate of drug-likeness (QED) is 0.660. The average Bonchev–Trinajstić information content (AvgIpc) is 2.58. The summed E-state index contributed by atoms with van der Waals surface area (Å²) >= 11 is 9.35. The van der Waals surface area contributed by atoms with E-state index in [-0.39, 0.29) is 12.5 Å². The minimum absolute atomic E-state index is 0.0550. The molecule has 6 heteroatoms. The molecule has 2 aromatic carbocycles. The number of hydrogen-bond donors (Lipinski definition) is 1. The van der Waals surface area contributed by atoms with Crippen LogP contribution in [-0.4, -0.2) is 26.2 Å². The topological polar surface area (TPSA) is 47.6 Å². The third-order valence-corrected chi connectivity index (χ3v) is 4.14. The van der Waals surface area contributed by atoms with Gasteiger partial charge in [0.1, 0.15) is 11.5 Å². The van der Waals surface area contributed by atoms with Gasteiger partial charge in [-0.15, -0.1) is 0 Å². The van der Waals surface area contributed by atoms with E-state index in [1.807, 2.05) is 30.3 Å². The van der Waals surface area contributed by atoms with Gasteiger partial charge in [-0.25, -0.2) is 0 Å². The Kier molecular flexibility index (Phi) is 7.40. The summed E-state index contributed by atoms with van der Waals surface area (Å²) in [7, 11) is 1.65. The van der Waals surface area contributed by atoms with Crippen LogP contribution in [-0.2, 0) is 11.2 Å². The fourth-order valence-electron chi connectivity index (χ4n) is 2.13. The molecule has 0 saturated carbocycles. The van der Waals surface area contributed by atoms with E-state index in [1.54, 1.807) is 19.2 Å². The number of aryl methyl sites for hydroxylation is 1. The van der Waals surface area contributed by atoms with E-state index in [0.717, 1.165) is 23.1 Å². The molecule has 128 valence electrons. The number of halogens is 2. The van der Waals surface area contributed by atoms with E-state index >= 15 is 0 Å². The van der Waals surface area contributed by atoms with Crippen LogP contribution in [0.15, 0.2) is 46.9 Å². The Morgan fingerprint density at radius 1 is 1.25 bits per heavy atom. The molecule has 0 bridgehead atoms. The summed E-state index contributed by atoms with van der Waals surface area (Å²) in [6, 6.07) is 13.2. The van der Waals surface area contributed by atoms with Crippen molar-refractivity contribution in [3.05, 3.63) is 57.5 Å². The Balaban J connectivity index is 1.67. The molecule has 0 saturated heterocycles. The maximum atomic E-state index is 11.8. The van der Waals surface area contributed by atoms with Gasteiger partial charge < -0.3 is 14.8 Å². The van der Waals surface area contributed by atoms with Gasteiger partial charge in [0, 0.05) is 11.0 Å². The summed E-state index contributed by atoms with van der Waals surface area (Å²) in [5.74, 6) is 1.17. The van der Waals surface area contributed by atoms with Crippen molar-refractivity contribution in [1.82, 2.24) is 5.32 Å². The van der Waals surface area contributed by atoms with Crippen LogP contribution < -0.4 is 14.8 Å². The molecular formula is C18H19BrClNO3. The van der Waals surface area contributed by atoms with Gasteiger partial charge in [-0.3, -0.25) is 4.79 Å². The van der Waals surface area contributed by atoms with Gasteiger partial charge in [0.15, 0.2) is 6.61 Å². The SMILES string of the molecule is COc1cccc(CCCNC(=O)COc2ccc(Br)cc2Cl)c1. The molecule has 0 unspecified atom stereocenters. The van der Waals surface area contributed by atoms with Crippen LogP contribution in [0.3, 0.4) is 0 Å². The van der Waals surface area contributed by atoms with E-state index < -0.39 is 0 Å². The fourth-order valence-corrected chi connectivity index (χ4v) is 2.86. The number of rotatable bonds is 8. The minimum atomic E-state index is -0.167. The lowest BCUT2D eigenvalue weighted by atomic mass is 10.1. The van der Waals surface area contributed by atoms with E-state index in [0.29, 0.717) is 17.3 Å². The van der Waals surface area contributed by atoms with Crippen molar-refractivity contribution in [2.24, 2.45) is 0 Å². The Bertz CT molecular complexity index is 694.